The standard InChI is InChI=1S/C28H31ClN6O5/c1-16(36)25(22-4-3-5-24(32-22)39-2)33-23(37)15-35-14-18-7-6-17(12-20(18)27(35)38)26-21(29)13-30-28(34-26)31-19-8-10-40-11-9-19/h3-7,12-13,16,19,25,36H,8-11,14-15H2,1-2H3,(H,33,37)(H,30,31,34). The molecule has 0 saturated carbocycles. The second kappa shape index (κ2) is 12.2. The molecule has 3 N–H and O–H groups in total. The highest BCUT2D eigenvalue weighted by molar-refractivity contribution is 6.33. The molecule has 3 aromatic rings. The van der Waals surface area contributed by atoms with Crippen molar-refractivity contribution in [3.05, 3.63) is 64.4 Å². The van der Waals surface area contributed by atoms with Gasteiger partial charge in [-0.25, -0.2) is 15.0 Å². The van der Waals surface area contributed by atoms with E-state index in [1.165, 1.54) is 12.0 Å². The molecule has 2 aliphatic heterocycles. The summed E-state index contributed by atoms with van der Waals surface area (Å²) in [5.41, 5.74) is 2.94. The number of halogens is 1. The lowest BCUT2D eigenvalue weighted by atomic mass is 10.0. The molecule has 4 heterocycles. The second-order valence-electron chi connectivity index (χ2n) is 9.84. The average molecular weight is 567 g/mol. The first-order valence-electron chi connectivity index (χ1n) is 13.1. The minimum absolute atomic E-state index is 0.177. The largest absolute Gasteiger partial charge is 0.481 e. The molecule has 0 aliphatic carbocycles. The third-order valence-corrected chi connectivity index (χ3v) is 7.24. The molecule has 210 valence electrons. The first-order valence-corrected chi connectivity index (χ1v) is 13.5. The first kappa shape index (κ1) is 27.8. The van der Waals surface area contributed by atoms with E-state index in [0.29, 0.717) is 52.6 Å². The van der Waals surface area contributed by atoms with Gasteiger partial charge in [-0.2, -0.15) is 0 Å². The molecule has 1 saturated heterocycles. The number of nitrogens with one attached hydrogen (secondary N) is 2. The van der Waals surface area contributed by atoms with Crippen LogP contribution in [-0.4, -0.2) is 75.8 Å². The maximum atomic E-state index is 13.3. The van der Waals surface area contributed by atoms with Crippen molar-refractivity contribution < 1.29 is 24.2 Å². The summed E-state index contributed by atoms with van der Waals surface area (Å²) in [5, 5.41) is 16.8. The van der Waals surface area contributed by atoms with Gasteiger partial charge in [0, 0.05) is 43.0 Å². The van der Waals surface area contributed by atoms with Crippen molar-refractivity contribution in [3.63, 3.8) is 0 Å². The lowest BCUT2D eigenvalue weighted by Gasteiger charge is -2.23. The molecule has 0 bridgehead atoms. The van der Waals surface area contributed by atoms with Gasteiger partial charge in [0.1, 0.15) is 6.54 Å². The predicted octanol–water partition coefficient (Wildman–Crippen LogP) is 2.99. The lowest BCUT2D eigenvalue weighted by molar-refractivity contribution is -0.123. The topological polar surface area (TPSA) is 139 Å². The highest BCUT2D eigenvalue weighted by Gasteiger charge is 2.31. The molecule has 2 aliphatic rings. The Kier molecular flexibility index (Phi) is 8.43. The van der Waals surface area contributed by atoms with E-state index in [-0.39, 0.29) is 25.0 Å². The molecule has 12 heteroatoms. The fourth-order valence-electron chi connectivity index (χ4n) is 4.85. The molecule has 2 unspecified atom stereocenters. The summed E-state index contributed by atoms with van der Waals surface area (Å²) in [6.45, 7) is 3.05. The van der Waals surface area contributed by atoms with Crippen LogP contribution in [0.4, 0.5) is 5.95 Å². The normalized spacial score (nSPS) is 16.8. The maximum Gasteiger partial charge on any atom is 0.254 e. The van der Waals surface area contributed by atoms with Crippen molar-refractivity contribution in [1.29, 1.82) is 0 Å². The summed E-state index contributed by atoms with van der Waals surface area (Å²) < 4.78 is 10.6. The zero-order valence-corrected chi connectivity index (χ0v) is 23.0. The number of carbonyl (C=O) groups excluding carboxylic acids is 2. The Bertz CT molecular complexity index is 1400. The third kappa shape index (κ3) is 6.16. The molecular weight excluding hydrogens is 536 g/mol. The Balaban J connectivity index is 1.28. The van der Waals surface area contributed by atoms with Gasteiger partial charge in [-0.3, -0.25) is 9.59 Å². The van der Waals surface area contributed by atoms with E-state index in [1.54, 1.807) is 37.4 Å². The lowest BCUT2D eigenvalue weighted by Crippen LogP contribution is -2.42. The third-order valence-electron chi connectivity index (χ3n) is 6.97. The Hall–Kier alpha value is -3.80. The second-order valence-corrected chi connectivity index (χ2v) is 10.3. The number of aliphatic hydroxyl groups excluding tert-OH is 1. The molecule has 1 aromatic carbocycles. The summed E-state index contributed by atoms with van der Waals surface area (Å²) in [6.07, 6.45) is 2.37. The Morgan fingerprint density at radius 3 is 2.80 bits per heavy atom. The van der Waals surface area contributed by atoms with Gasteiger partial charge in [-0.05, 0) is 37.5 Å². The number of ether oxygens (including phenoxy) is 2. The molecule has 2 aromatic heterocycles. The minimum atomic E-state index is -0.916. The molecule has 2 atom stereocenters. The maximum absolute atomic E-state index is 13.3. The molecule has 1 fully saturated rings. The number of rotatable bonds is 9. The number of hydrogen-bond acceptors (Lipinski definition) is 9. The molecule has 5 rings (SSSR count). The number of aliphatic hydroxyl groups is 1. The van der Waals surface area contributed by atoms with E-state index in [0.717, 1.165) is 18.4 Å². The van der Waals surface area contributed by atoms with Crippen LogP contribution in [0.5, 0.6) is 5.88 Å². The van der Waals surface area contributed by atoms with Gasteiger partial charge in [0.15, 0.2) is 0 Å². The van der Waals surface area contributed by atoms with Crippen molar-refractivity contribution in [2.24, 2.45) is 0 Å². The Morgan fingerprint density at radius 1 is 1.25 bits per heavy atom. The van der Waals surface area contributed by atoms with Crippen LogP contribution in [-0.2, 0) is 16.1 Å². The summed E-state index contributed by atoms with van der Waals surface area (Å²) in [6, 6.07) is 10.0. The van der Waals surface area contributed by atoms with Crippen molar-refractivity contribution in [1.82, 2.24) is 25.2 Å². The van der Waals surface area contributed by atoms with Gasteiger partial charge in [-0.15, -0.1) is 0 Å². The van der Waals surface area contributed by atoms with Crippen LogP contribution in [0.3, 0.4) is 0 Å². The number of aromatic nitrogens is 3. The molecule has 0 radical (unpaired) electrons. The monoisotopic (exact) mass is 566 g/mol. The number of benzene rings is 1. The van der Waals surface area contributed by atoms with Crippen LogP contribution in [0.2, 0.25) is 5.02 Å². The Morgan fingerprint density at radius 2 is 2.05 bits per heavy atom. The molecule has 2 amide bonds. The number of anilines is 1. The number of fused-ring (bicyclic) bond motifs is 1. The highest BCUT2D eigenvalue weighted by Crippen LogP contribution is 2.32. The Labute approximate surface area is 236 Å². The SMILES string of the molecule is COc1cccc(C(NC(=O)CN2Cc3ccc(-c4nc(NC5CCOCC5)ncc4Cl)cc3C2=O)C(C)O)n1. The molecule has 0 spiro atoms. The zero-order valence-electron chi connectivity index (χ0n) is 22.3. The van der Waals surface area contributed by atoms with Crippen molar-refractivity contribution in [2.75, 3.05) is 32.2 Å². The quantitative estimate of drug-likeness (QED) is 0.357. The number of pyridine rings is 1. The van der Waals surface area contributed by atoms with Crippen LogP contribution in [0.25, 0.3) is 11.3 Å². The zero-order chi connectivity index (χ0) is 28.2. The minimum Gasteiger partial charge on any atom is -0.481 e. The fourth-order valence-corrected chi connectivity index (χ4v) is 5.05. The fraction of sp³-hybridized carbons (Fsp3) is 0.393. The van der Waals surface area contributed by atoms with Crippen LogP contribution >= 0.6 is 11.6 Å². The van der Waals surface area contributed by atoms with Gasteiger partial charge in [0.2, 0.25) is 17.7 Å². The van der Waals surface area contributed by atoms with E-state index >= 15 is 0 Å². The van der Waals surface area contributed by atoms with Crippen LogP contribution in [0.1, 0.15) is 47.4 Å². The summed E-state index contributed by atoms with van der Waals surface area (Å²) >= 11 is 6.45. The van der Waals surface area contributed by atoms with Gasteiger partial charge >= 0.3 is 0 Å². The average Bonchev–Trinajstić information content (AvgIpc) is 3.27. The summed E-state index contributed by atoms with van der Waals surface area (Å²) in [7, 11) is 1.49. The number of nitrogens with zero attached hydrogens (tertiary/aromatic N) is 4. The number of amides is 2. The summed E-state index contributed by atoms with van der Waals surface area (Å²) in [5.74, 6) is 0.147. The summed E-state index contributed by atoms with van der Waals surface area (Å²) in [4.78, 5) is 40.9. The van der Waals surface area contributed by atoms with Gasteiger partial charge < -0.3 is 30.1 Å². The predicted molar refractivity (Wildman–Crippen MR) is 148 cm³/mol. The van der Waals surface area contributed by atoms with Gasteiger partial charge in [0.05, 0.1) is 41.9 Å². The van der Waals surface area contributed by atoms with Crippen molar-refractivity contribution >= 4 is 29.4 Å². The van der Waals surface area contributed by atoms with Crippen molar-refractivity contribution in [3.8, 4) is 17.1 Å². The van der Waals surface area contributed by atoms with E-state index in [1.807, 2.05) is 12.1 Å². The molecule has 11 nitrogen and oxygen atoms in total. The van der Waals surface area contributed by atoms with Crippen LogP contribution in [0.15, 0.2) is 42.6 Å². The van der Waals surface area contributed by atoms with Crippen LogP contribution in [0, 0.1) is 0 Å². The number of carbonyl (C=O) groups is 2. The highest BCUT2D eigenvalue weighted by atomic mass is 35.5. The van der Waals surface area contributed by atoms with E-state index in [9.17, 15) is 14.7 Å². The smallest absolute Gasteiger partial charge is 0.254 e. The van der Waals surface area contributed by atoms with Crippen LogP contribution < -0.4 is 15.4 Å². The van der Waals surface area contributed by atoms with E-state index in [4.69, 9.17) is 21.1 Å². The number of hydrogen-bond donors (Lipinski definition) is 3. The molecular formula is C28H31ClN6O5. The van der Waals surface area contributed by atoms with Crippen molar-refractivity contribution in [2.45, 2.75) is 44.5 Å². The first-order chi connectivity index (χ1) is 19.3. The molecule has 40 heavy (non-hydrogen) atoms. The number of methoxy groups -OCH3 is 1. The van der Waals surface area contributed by atoms with Gasteiger partial charge in [0.25, 0.3) is 5.91 Å². The van der Waals surface area contributed by atoms with E-state index in [2.05, 4.69) is 25.6 Å². The van der Waals surface area contributed by atoms with E-state index < -0.39 is 18.1 Å². The van der Waals surface area contributed by atoms with Gasteiger partial charge in [-0.1, -0.05) is 29.8 Å².